The summed E-state index contributed by atoms with van der Waals surface area (Å²) in [4.78, 5) is 0. The van der Waals surface area contributed by atoms with E-state index >= 15 is 0 Å². The number of benzene rings is 2. The zero-order chi connectivity index (χ0) is 12.1. The molecule has 0 bridgehead atoms. The minimum absolute atomic E-state index is 0.0629. The van der Waals surface area contributed by atoms with Gasteiger partial charge in [-0.3, -0.25) is 0 Å². The van der Waals surface area contributed by atoms with Crippen molar-refractivity contribution in [2.24, 2.45) is 0 Å². The third-order valence-corrected chi connectivity index (χ3v) is 2.68. The van der Waals surface area contributed by atoms with Gasteiger partial charge < -0.3 is 9.84 Å². The second-order valence-corrected chi connectivity index (χ2v) is 4.09. The van der Waals surface area contributed by atoms with Gasteiger partial charge in [0.15, 0.2) is 0 Å². The van der Waals surface area contributed by atoms with Crippen LogP contribution in [0.15, 0.2) is 54.6 Å². The van der Waals surface area contributed by atoms with E-state index in [4.69, 9.17) is 16.3 Å². The van der Waals surface area contributed by atoms with Crippen LogP contribution in [-0.2, 0) is 0 Å². The number of halogens is 1. The Morgan fingerprint density at radius 1 is 1.00 bits per heavy atom. The second-order valence-electron chi connectivity index (χ2n) is 3.65. The highest BCUT2D eigenvalue weighted by Gasteiger charge is 2.11. The molecule has 1 atom stereocenters. The molecule has 0 fully saturated rings. The largest absolute Gasteiger partial charge is 0.483 e. The van der Waals surface area contributed by atoms with Crippen LogP contribution in [0, 0.1) is 0 Å². The minimum Gasteiger partial charge on any atom is -0.483 e. The standard InChI is InChI=1S/C14H13ClO2/c15-12-6-8-13(9-7-12)17-14(10-16)11-4-2-1-3-5-11/h1-9,14,16H,10H2. The molecule has 0 spiro atoms. The molecule has 0 saturated heterocycles. The highest BCUT2D eigenvalue weighted by atomic mass is 35.5. The van der Waals surface area contributed by atoms with Gasteiger partial charge in [0.05, 0.1) is 6.61 Å². The first kappa shape index (κ1) is 12.0. The van der Waals surface area contributed by atoms with E-state index in [1.54, 1.807) is 24.3 Å². The summed E-state index contributed by atoms with van der Waals surface area (Å²) in [7, 11) is 0. The van der Waals surface area contributed by atoms with Gasteiger partial charge in [-0.05, 0) is 29.8 Å². The third kappa shape index (κ3) is 3.22. The van der Waals surface area contributed by atoms with Crippen LogP contribution in [-0.4, -0.2) is 11.7 Å². The fourth-order valence-electron chi connectivity index (χ4n) is 1.56. The molecule has 2 rings (SSSR count). The zero-order valence-electron chi connectivity index (χ0n) is 9.21. The molecule has 0 radical (unpaired) electrons. The molecule has 1 N–H and O–H groups in total. The van der Waals surface area contributed by atoms with Gasteiger partial charge in [-0.2, -0.15) is 0 Å². The van der Waals surface area contributed by atoms with Crippen LogP contribution in [0.5, 0.6) is 5.75 Å². The molecule has 0 aromatic heterocycles. The number of hydrogen-bond donors (Lipinski definition) is 1. The molecule has 0 aliphatic rings. The van der Waals surface area contributed by atoms with Crippen LogP contribution in [0.1, 0.15) is 11.7 Å². The van der Waals surface area contributed by atoms with E-state index in [9.17, 15) is 5.11 Å². The van der Waals surface area contributed by atoms with Crippen molar-refractivity contribution in [3.63, 3.8) is 0 Å². The van der Waals surface area contributed by atoms with E-state index in [-0.39, 0.29) is 12.7 Å². The van der Waals surface area contributed by atoms with E-state index in [1.807, 2.05) is 30.3 Å². The number of aliphatic hydroxyl groups is 1. The van der Waals surface area contributed by atoms with Gasteiger partial charge in [-0.15, -0.1) is 0 Å². The maximum Gasteiger partial charge on any atom is 0.147 e. The normalized spacial score (nSPS) is 12.1. The van der Waals surface area contributed by atoms with E-state index < -0.39 is 0 Å². The molecule has 2 aromatic rings. The highest BCUT2D eigenvalue weighted by molar-refractivity contribution is 6.30. The van der Waals surface area contributed by atoms with Gasteiger partial charge in [0.2, 0.25) is 0 Å². The Labute approximate surface area is 105 Å². The van der Waals surface area contributed by atoms with Gasteiger partial charge >= 0.3 is 0 Å². The molecule has 0 amide bonds. The van der Waals surface area contributed by atoms with Gasteiger partial charge in [0.1, 0.15) is 11.9 Å². The molecular weight excluding hydrogens is 236 g/mol. The maximum atomic E-state index is 9.34. The first-order valence-corrected chi connectivity index (χ1v) is 5.75. The van der Waals surface area contributed by atoms with Crippen molar-refractivity contribution >= 4 is 11.6 Å². The topological polar surface area (TPSA) is 29.5 Å². The van der Waals surface area contributed by atoms with Crippen LogP contribution >= 0.6 is 11.6 Å². The monoisotopic (exact) mass is 248 g/mol. The highest BCUT2D eigenvalue weighted by Crippen LogP contribution is 2.23. The minimum atomic E-state index is -0.350. The summed E-state index contributed by atoms with van der Waals surface area (Å²) < 4.78 is 5.70. The fourth-order valence-corrected chi connectivity index (χ4v) is 1.68. The molecule has 0 aliphatic carbocycles. The molecule has 88 valence electrons. The smallest absolute Gasteiger partial charge is 0.147 e. The molecule has 17 heavy (non-hydrogen) atoms. The van der Waals surface area contributed by atoms with Crippen molar-refractivity contribution in [2.45, 2.75) is 6.10 Å². The zero-order valence-corrected chi connectivity index (χ0v) is 9.97. The Morgan fingerprint density at radius 3 is 2.24 bits per heavy atom. The van der Waals surface area contributed by atoms with Crippen LogP contribution in [0.25, 0.3) is 0 Å². The molecule has 3 heteroatoms. The Kier molecular flexibility index (Phi) is 4.02. The van der Waals surface area contributed by atoms with Crippen LogP contribution in [0.2, 0.25) is 5.02 Å². The van der Waals surface area contributed by atoms with Crippen molar-refractivity contribution in [3.05, 3.63) is 65.2 Å². The van der Waals surface area contributed by atoms with Crippen molar-refractivity contribution in [2.75, 3.05) is 6.61 Å². The summed E-state index contributed by atoms with van der Waals surface area (Å²) in [6.07, 6.45) is -0.350. The van der Waals surface area contributed by atoms with Crippen LogP contribution < -0.4 is 4.74 Å². The van der Waals surface area contributed by atoms with Gasteiger partial charge in [0, 0.05) is 5.02 Å². The fraction of sp³-hybridized carbons (Fsp3) is 0.143. The van der Waals surface area contributed by atoms with E-state index in [1.165, 1.54) is 0 Å². The molecule has 1 unspecified atom stereocenters. The molecular formula is C14H13ClO2. The number of hydrogen-bond acceptors (Lipinski definition) is 2. The quantitative estimate of drug-likeness (QED) is 0.898. The predicted molar refractivity (Wildman–Crippen MR) is 68.3 cm³/mol. The lowest BCUT2D eigenvalue weighted by molar-refractivity contribution is 0.116. The lowest BCUT2D eigenvalue weighted by Crippen LogP contribution is -2.11. The predicted octanol–water partition coefficient (Wildman–Crippen LogP) is 3.45. The summed E-state index contributed by atoms with van der Waals surface area (Å²) in [5, 5.41) is 10.0. The Morgan fingerprint density at radius 2 is 1.65 bits per heavy atom. The van der Waals surface area contributed by atoms with Gasteiger partial charge in [0.25, 0.3) is 0 Å². The first-order chi connectivity index (χ1) is 8.29. The summed E-state index contributed by atoms with van der Waals surface area (Å²) in [6.45, 7) is -0.0629. The van der Waals surface area contributed by atoms with E-state index in [0.717, 1.165) is 5.56 Å². The average Bonchev–Trinajstić information content (AvgIpc) is 2.39. The molecule has 0 aliphatic heterocycles. The Hall–Kier alpha value is -1.51. The Bertz CT molecular complexity index is 453. The van der Waals surface area contributed by atoms with Crippen molar-refractivity contribution < 1.29 is 9.84 Å². The van der Waals surface area contributed by atoms with E-state index in [0.29, 0.717) is 10.8 Å². The molecule has 0 heterocycles. The summed E-state index contributed by atoms with van der Waals surface area (Å²) >= 11 is 5.79. The molecule has 2 aromatic carbocycles. The summed E-state index contributed by atoms with van der Waals surface area (Å²) in [5.41, 5.74) is 0.949. The average molecular weight is 249 g/mol. The maximum absolute atomic E-state index is 9.34. The number of ether oxygens (including phenoxy) is 1. The lowest BCUT2D eigenvalue weighted by atomic mass is 10.1. The van der Waals surface area contributed by atoms with Gasteiger partial charge in [-0.25, -0.2) is 0 Å². The van der Waals surface area contributed by atoms with Crippen LogP contribution in [0.3, 0.4) is 0 Å². The van der Waals surface area contributed by atoms with E-state index in [2.05, 4.69) is 0 Å². The van der Waals surface area contributed by atoms with Crippen molar-refractivity contribution in [3.8, 4) is 5.75 Å². The van der Waals surface area contributed by atoms with Crippen molar-refractivity contribution in [1.29, 1.82) is 0 Å². The second kappa shape index (κ2) is 5.71. The molecule has 2 nitrogen and oxygen atoms in total. The number of rotatable bonds is 4. The third-order valence-electron chi connectivity index (χ3n) is 2.43. The Balaban J connectivity index is 2.13. The summed E-state index contributed by atoms with van der Waals surface area (Å²) in [6, 6.07) is 16.7. The SMILES string of the molecule is OCC(Oc1ccc(Cl)cc1)c1ccccc1. The van der Waals surface area contributed by atoms with Crippen LogP contribution in [0.4, 0.5) is 0 Å². The van der Waals surface area contributed by atoms with Gasteiger partial charge in [-0.1, -0.05) is 41.9 Å². The summed E-state index contributed by atoms with van der Waals surface area (Å²) in [5.74, 6) is 0.692. The molecule has 0 saturated carbocycles. The lowest BCUT2D eigenvalue weighted by Gasteiger charge is -2.17. The van der Waals surface area contributed by atoms with Crippen molar-refractivity contribution in [1.82, 2.24) is 0 Å². The first-order valence-electron chi connectivity index (χ1n) is 5.37. The number of aliphatic hydroxyl groups excluding tert-OH is 1.